The van der Waals surface area contributed by atoms with Gasteiger partial charge in [0.05, 0.1) is 0 Å². The Kier molecular flexibility index (Phi) is 9.89. The van der Waals surface area contributed by atoms with Crippen LogP contribution in [0.4, 0.5) is 0 Å². The van der Waals surface area contributed by atoms with Gasteiger partial charge in [-0.2, -0.15) is 0 Å². The molecule has 3 aromatic carbocycles. The molecule has 0 unspecified atom stereocenters. The first-order valence-corrected chi connectivity index (χ1v) is 14.4. The fourth-order valence-corrected chi connectivity index (χ4v) is 5.73. The second-order valence-corrected chi connectivity index (χ2v) is 10.8. The molecule has 0 aliphatic heterocycles. The van der Waals surface area contributed by atoms with Gasteiger partial charge in [-0.05, 0) is 96.5 Å². The number of fused-ring (bicyclic) bond motifs is 1. The zero-order chi connectivity index (χ0) is 24.3. The fraction of sp³-hybridized carbons (Fsp3) is 0.486. The minimum atomic E-state index is 0.747. The van der Waals surface area contributed by atoms with Crippen LogP contribution in [0.1, 0.15) is 119 Å². The van der Waals surface area contributed by atoms with E-state index in [1.54, 1.807) is 0 Å². The molecule has 4 rings (SSSR count). The molecule has 0 heteroatoms. The first-order chi connectivity index (χ1) is 17.2. The third kappa shape index (κ3) is 7.73. The molecule has 0 atom stereocenters. The van der Waals surface area contributed by atoms with E-state index >= 15 is 0 Å². The molecule has 0 N–H and O–H groups in total. The van der Waals surface area contributed by atoms with Gasteiger partial charge in [0, 0.05) is 11.1 Å². The molecule has 0 saturated heterocycles. The van der Waals surface area contributed by atoms with E-state index in [0.29, 0.717) is 0 Å². The van der Waals surface area contributed by atoms with Gasteiger partial charge >= 0.3 is 0 Å². The zero-order valence-electron chi connectivity index (χ0n) is 22.1. The number of aryl methyl sites for hydroxylation is 1. The summed E-state index contributed by atoms with van der Waals surface area (Å²) in [5.41, 5.74) is 5.18. The maximum absolute atomic E-state index is 3.40. The highest BCUT2D eigenvalue weighted by Crippen LogP contribution is 2.37. The lowest BCUT2D eigenvalue weighted by Gasteiger charge is -2.29. The van der Waals surface area contributed by atoms with Crippen molar-refractivity contribution in [1.82, 2.24) is 0 Å². The van der Waals surface area contributed by atoms with E-state index in [0.717, 1.165) is 23.0 Å². The topological polar surface area (TPSA) is 0 Å². The van der Waals surface area contributed by atoms with Crippen molar-refractivity contribution in [2.75, 3.05) is 0 Å². The molecular formula is C35H44. The molecule has 1 saturated carbocycles. The average Bonchev–Trinajstić information content (AvgIpc) is 2.91. The number of hydrogen-bond acceptors (Lipinski definition) is 0. The van der Waals surface area contributed by atoms with E-state index in [1.807, 2.05) is 0 Å². The molecule has 3 aromatic rings. The Balaban J connectivity index is 1.32. The fourth-order valence-electron chi connectivity index (χ4n) is 5.73. The van der Waals surface area contributed by atoms with Gasteiger partial charge in [-0.15, -0.1) is 0 Å². The molecule has 1 fully saturated rings. The molecule has 0 aromatic heterocycles. The Morgan fingerprint density at radius 2 is 1.29 bits per heavy atom. The zero-order valence-corrected chi connectivity index (χ0v) is 22.1. The van der Waals surface area contributed by atoms with Crippen molar-refractivity contribution in [2.45, 2.75) is 103 Å². The van der Waals surface area contributed by atoms with Crippen molar-refractivity contribution < 1.29 is 0 Å². The monoisotopic (exact) mass is 464 g/mol. The lowest BCUT2D eigenvalue weighted by atomic mass is 9.77. The lowest BCUT2D eigenvalue weighted by Crippen LogP contribution is -2.13. The summed E-state index contributed by atoms with van der Waals surface area (Å²) in [6, 6.07) is 22.7. The van der Waals surface area contributed by atoms with Gasteiger partial charge in [-0.3, -0.25) is 0 Å². The molecule has 0 bridgehead atoms. The van der Waals surface area contributed by atoms with Crippen molar-refractivity contribution in [1.29, 1.82) is 0 Å². The minimum absolute atomic E-state index is 0.747. The average molecular weight is 465 g/mol. The second kappa shape index (κ2) is 13.5. The summed E-state index contributed by atoms with van der Waals surface area (Å²) in [5, 5.41) is 2.61. The number of hydrogen-bond donors (Lipinski definition) is 0. The van der Waals surface area contributed by atoms with Gasteiger partial charge < -0.3 is 0 Å². The maximum atomic E-state index is 3.40. The van der Waals surface area contributed by atoms with Gasteiger partial charge in [0.2, 0.25) is 0 Å². The SMILES string of the molecule is CCCCCCc1ccc2cc(C#Cc3ccc([C@H]4CC[C@H](CCCCC)CC4)cc3)ccc2c1. The van der Waals surface area contributed by atoms with Gasteiger partial charge in [-0.1, -0.05) is 107 Å². The van der Waals surface area contributed by atoms with E-state index in [-0.39, 0.29) is 0 Å². The van der Waals surface area contributed by atoms with Crippen molar-refractivity contribution in [3.05, 3.63) is 82.9 Å². The molecule has 184 valence electrons. The van der Waals surface area contributed by atoms with Crippen molar-refractivity contribution in [3.63, 3.8) is 0 Å². The van der Waals surface area contributed by atoms with E-state index in [1.165, 1.54) is 105 Å². The van der Waals surface area contributed by atoms with Crippen molar-refractivity contribution in [3.8, 4) is 11.8 Å². The second-order valence-electron chi connectivity index (χ2n) is 10.8. The molecule has 0 heterocycles. The van der Waals surface area contributed by atoms with Crippen LogP contribution >= 0.6 is 0 Å². The highest BCUT2D eigenvalue weighted by molar-refractivity contribution is 5.84. The number of benzene rings is 3. The predicted octanol–water partition coefficient (Wildman–Crippen LogP) is 10.2. The maximum Gasteiger partial charge on any atom is 0.0255 e. The van der Waals surface area contributed by atoms with E-state index < -0.39 is 0 Å². The first kappa shape index (κ1) is 25.6. The van der Waals surface area contributed by atoms with Gasteiger partial charge in [-0.25, -0.2) is 0 Å². The Labute approximate surface area is 214 Å². The molecule has 0 amide bonds. The molecule has 1 aliphatic rings. The smallest absolute Gasteiger partial charge is 0.0255 e. The summed E-state index contributed by atoms with van der Waals surface area (Å²) in [6.45, 7) is 4.57. The highest BCUT2D eigenvalue weighted by atomic mass is 14.3. The quantitative estimate of drug-likeness (QED) is 0.207. The molecule has 35 heavy (non-hydrogen) atoms. The summed E-state index contributed by atoms with van der Waals surface area (Å²) in [7, 11) is 0. The first-order valence-electron chi connectivity index (χ1n) is 14.4. The van der Waals surface area contributed by atoms with E-state index in [2.05, 4.69) is 86.4 Å². The summed E-state index contributed by atoms with van der Waals surface area (Å²) in [6.07, 6.45) is 17.6. The van der Waals surface area contributed by atoms with Gasteiger partial charge in [0.15, 0.2) is 0 Å². The number of rotatable bonds is 10. The van der Waals surface area contributed by atoms with E-state index in [9.17, 15) is 0 Å². The third-order valence-electron chi connectivity index (χ3n) is 8.02. The predicted molar refractivity (Wildman–Crippen MR) is 153 cm³/mol. The normalized spacial score (nSPS) is 17.8. The van der Waals surface area contributed by atoms with Crippen LogP contribution in [0.2, 0.25) is 0 Å². The van der Waals surface area contributed by atoms with Gasteiger partial charge in [0.1, 0.15) is 0 Å². The molecule has 0 nitrogen and oxygen atoms in total. The molecule has 0 spiro atoms. The molecule has 0 radical (unpaired) electrons. The third-order valence-corrected chi connectivity index (χ3v) is 8.02. The Hall–Kier alpha value is -2.52. The van der Waals surface area contributed by atoms with Crippen molar-refractivity contribution in [2.24, 2.45) is 5.92 Å². The van der Waals surface area contributed by atoms with E-state index in [4.69, 9.17) is 0 Å². The Bertz CT molecular complexity index is 1100. The Morgan fingerprint density at radius 1 is 0.629 bits per heavy atom. The number of unbranched alkanes of at least 4 members (excludes halogenated alkanes) is 5. The van der Waals surface area contributed by atoms with Crippen LogP contribution in [0, 0.1) is 17.8 Å². The van der Waals surface area contributed by atoms with Crippen LogP contribution in [-0.2, 0) is 6.42 Å². The van der Waals surface area contributed by atoms with Crippen LogP contribution in [-0.4, -0.2) is 0 Å². The van der Waals surface area contributed by atoms with Gasteiger partial charge in [0.25, 0.3) is 0 Å². The largest absolute Gasteiger partial charge is 0.0654 e. The standard InChI is InChI=1S/C35H44/c1-3-5-7-9-11-30-18-24-35-27-31(19-25-34(35)26-30)13-12-29-16-22-33(23-17-29)32-20-14-28(15-21-32)10-8-6-4-2/h16-19,22-28,32H,3-11,14-15,20-21H2,1-2H3/t28-,32-. The van der Waals surface area contributed by atoms with Crippen LogP contribution < -0.4 is 0 Å². The van der Waals surface area contributed by atoms with Crippen LogP contribution in [0.5, 0.6) is 0 Å². The summed E-state index contributed by atoms with van der Waals surface area (Å²) >= 11 is 0. The van der Waals surface area contributed by atoms with Crippen LogP contribution in [0.3, 0.4) is 0 Å². The van der Waals surface area contributed by atoms with Crippen LogP contribution in [0.15, 0.2) is 60.7 Å². The van der Waals surface area contributed by atoms with Crippen molar-refractivity contribution >= 4 is 10.8 Å². The summed E-state index contributed by atoms with van der Waals surface area (Å²) in [5.74, 6) is 8.51. The Morgan fingerprint density at radius 3 is 2.06 bits per heavy atom. The highest BCUT2D eigenvalue weighted by Gasteiger charge is 2.21. The van der Waals surface area contributed by atoms with Crippen LogP contribution in [0.25, 0.3) is 10.8 Å². The summed E-state index contributed by atoms with van der Waals surface area (Å²) < 4.78 is 0. The molecular weight excluding hydrogens is 420 g/mol. The summed E-state index contributed by atoms with van der Waals surface area (Å²) in [4.78, 5) is 0. The molecule has 1 aliphatic carbocycles. The minimum Gasteiger partial charge on any atom is -0.0654 e. The lowest BCUT2D eigenvalue weighted by molar-refractivity contribution is 0.303.